The third-order valence-corrected chi connectivity index (χ3v) is 4.84. The Bertz CT molecular complexity index is 667. The molecule has 0 fully saturated rings. The van der Waals surface area contributed by atoms with Crippen LogP contribution < -0.4 is 14.9 Å². The van der Waals surface area contributed by atoms with E-state index in [1.807, 2.05) is 4.90 Å². The maximum absolute atomic E-state index is 11.7. The molecule has 1 N–H and O–H groups in total. The molecular formula is C15H19N4O3S-. The largest absolute Gasteiger partial charge is 0.733 e. The predicted molar refractivity (Wildman–Crippen MR) is 89.5 cm³/mol. The number of hydrogen-bond acceptors (Lipinski definition) is 8. The summed E-state index contributed by atoms with van der Waals surface area (Å²) in [6.07, 6.45) is 1.78. The normalized spacial score (nSPS) is 14.3. The lowest BCUT2D eigenvalue weighted by Crippen LogP contribution is -2.29. The number of nitrogens with zero attached hydrogens (tertiary/aromatic N) is 4. The molecule has 0 radical (unpaired) electrons. The summed E-state index contributed by atoms with van der Waals surface area (Å²) < 4.78 is 5.41. The maximum atomic E-state index is 11.7. The molecule has 1 aliphatic rings. The zero-order valence-corrected chi connectivity index (χ0v) is 14.0. The van der Waals surface area contributed by atoms with Crippen molar-refractivity contribution in [2.45, 2.75) is 26.7 Å². The van der Waals surface area contributed by atoms with Crippen LogP contribution in [0.5, 0.6) is 5.88 Å². The predicted octanol–water partition coefficient (Wildman–Crippen LogP) is 2.54. The maximum Gasteiger partial charge on any atom is 0.244 e. The van der Waals surface area contributed by atoms with E-state index >= 15 is 0 Å². The van der Waals surface area contributed by atoms with Gasteiger partial charge in [-0.3, -0.25) is 5.21 Å². The van der Waals surface area contributed by atoms with Crippen LogP contribution in [0.15, 0.2) is 11.4 Å². The lowest BCUT2D eigenvalue weighted by Gasteiger charge is -2.31. The Kier molecular flexibility index (Phi) is 4.65. The zero-order valence-electron chi connectivity index (χ0n) is 13.2. The molecule has 3 rings (SSSR count). The number of fused-ring (bicyclic) bond motifs is 1. The van der Waals surface area contributed by atoms with E-state index in [0.717, 1.165) is 25.9 Å². The fraction of sp³-hybridized carbons (Fsp3) is 0.467. The molecule has 0 bridgehead atoms. The molecule has 124 valence electrons. The van der Waals surface area contributed by atoms with Crippen LogP contribution in [0.1, 0.15) is 23.2 Å². The molecule has 2 aromatic rings. The van der Waals surface area contributed by atoms with Crippen molar-refractivity contribution in [2.75, 3.05) is 29.8 Å². The van der Waals surface area contributed by atoms with Crippen molar-refractivity contribution in [1.82, 2.24) is 9.97 Å². The first-order valence-electron chi connectivity index (χ1n) is 7.58. The van der Waals surface area contributed by atoms with Gasteiger partial charge < -0.3 is 20.1 Å². The summed E-state index contributed by atoms with van der Waals surface area (Å²) in [7, 11) is 0. The second kappa shape index (κ2) is 6.69. The number of hydrogen-bond donors (Lipinski definition) is 1. The van der Waals surface area contributed by atoms with E-state index in [1.165, 1.54) is 10.4 Å². The van der Waals surface area contributed by atoms with Crippen LogP contribution in [0.2, 0.25) is 0 Å². The highest BCUT2D eigenvalue weighted by atomic mass is 32.1. The average Bonchev–Trinajstić information content (AvgIpc) is 2.85. The fourth-order valence-corrected chi connectivity index (χ4v) is 3.70. The Hall–Kier alpha value is -1.90. The van der Waals surface area contributed by atoms with E-state index < -0.39 is 0 Å². The summed E-state index contributed by atoms with van der Waals surface area (Å²) >= 11 is 1.76. The molecule has 0 saturated carbocycles. The fourth-order valence-electron chi connectivity index (χ4n) is 2.78. The minimum atomic E-state index is -0.194. The van der Waals surface area contributed by atoms with Crippen molar-refractivity contribution in [3.05, 3.63) is 32.9 Å². The van der Waals surface area contributed by atoms with E-state index in [1.54, 1.807) is 25.2 Å². The summed E-state index contributed by atoms with van der Waals surface area (Å²) in [6, 6.07) is 2.15. The smallest absolute Gasteiger partial charge is 0.244 e. The minimum Gasteiger partial charge on any atom is -0.733 e. The first-order chi connectivity index (χ1) is 11.1. The summed E-state index contributed by atoms with van der Waals surface area (Å²) in [6.45, 7) is 5.37. The quantitative estimate of drug-likeness (QED) is 0.859. The van der Waals surface area contributed by atoms with E-state index in [0.29, 0.717) is 18.2 Å². The van der Waals surface area contributed by atoms with Gasteiger partial charge in [0.1, 0.15) is 5.82 Å². The Morgan fingerprint density at radius 3 is 2.91 bits per heavy atom. The highest BCUT2D eigenvalue weighted by Gasteiger charge is 2.23. The molecule has 0 aromatic carbocycles. The van der Waals surface area contributed by atoms with Crippen LogP contribution in [0, 0.1) is 12.1 Å². The third kappa shape index (κ3) is 3.24. The van der Waals surface area contributed by atoms with Gasteiger partial charge in [-0.15, -0.1) is 11.3 Å². The van der Waals surface area contributed by atoms with Gasteiger partial charge in [-0.05, 0) is 43.7 Å². The lowest BCUT2D eigenvalue weighted by molar-refractivity contribution is 0.279. The van der Waals surface area contributed by atoms with Crippen molar-refractivity contribution in [2.24, 2.45) is 0 Å². The highest BCUT2D eigenvalue weighted by Crippen LogP contribution is 2.36. The second-order valence-electron chi connectivity index (χ2n) is 5.31. The number of ether oxygens (including phenoxy) is 1. The third-order valence-electron chi connectivity index (χ3n) is 3.81. The Morgan fingerprint density at radius 2 is 2.17 bits per heavy atom. The van der Waals surface area contributed by atoms with Gasteiger partial charge in [-0.1, -0.05) is 0 Å². The number of thiophene rings is 1. The molecule has 1 aliphatic heterocycles. The van der Waals surface area contributed by atoms with Gasteiger partial charge in [0.2, 0.25) is 5.88 Å². The van der Waals surface area contributed by atoms with Crippen molar-refractivity contribution in [3.63, 3.8) is 0 Å². The summed E-state index contributed by atoms with van der Waals surface area (Å²) in [4.78, 5) is 11.9. The standard InChI is InChI=1S/C15H19N4O3S/c1-3-22-15-13(19(20)21)14(16-10(2)17-15)18-7-4-11-6-9-23-12(11)5-8-18/h6,9,20H,3-5,7-8H2,1-2H3/q-1. The Balaban J connectivity index is 1.96. The van der Waals surface area contributed by atoms with E-state index in [9.17, 15) is 10.4 Å². The van der Waals surface area contributed by atoms with Gasteiger partial charge in [-0.25, -0.2) is 4.98 Å². The van der Waals surface area contributed by atoms with Crippen molar-refractivity contribution in [3.8, 4) is 5.88 Å². The van der Waals surface area contributed by atoms with Gasteiger partial charge in [0, 0.05) is 18.0 Å². The monoisotopic (exact) mass is 335 g/mol. The van der Waals surface area contributed by atoms with Crippen molar-refractivity contribution < 1.29 is 9.94 Å². The van der Waals surface area contributed by atoms with Crippen molar-refractivity contribution in [1.29, 1.82) is 0 Å². The SMILES string of the molecule is CCOc1nc(C)nc(N2CCc3ccsc3CC2)c1N([O-])O. The summed E-state index contributed by atoms with van der Waals surface area (Å²) in [5.41, 5.74) is 1.32. The van der Waals surface area contributed by atoms with Gasteiger partial charge in [0.25, 0.3) is 0 Å². The number of aromatic nitrogens is 2. The average molecular weight is 335 g/mol. The molecule has 2 aromatic heterocycles. The van der Waals surface area contributed by atoms with E-state index in [4.69, 9.17) is 4.74 Å². The number of anilines is 2. The lowest BCUT2D eigenvalue weighted by atomic mass is 10.2. The first kappa shape index (κ1) is 16.0. The Labute approximate surface area is 138 Å². The topological polar surface area (TPSA) is 84.8 Å². The summed E-state index contributed by atoms with van der Waals surface area (Å²) in [5.74, 6) is 1.05. The molecule has 8 heteroatoms. The zero-order chi connectivity index (χ0) is 16.4. The molecule has 0 atom stereocenters. The van der Waals surface area contributed by atoms with Crippen LogP contribution >= 0.6 is 11.3 Å². The molecular weight excluding hydrogens is 316 g/mol. The van der Waals surface area contributed by atoms with Gasteiger partial charge >= 0.3 is 0 Å². The van der Waals surface area contributed by atoms with Gasteiger partial charge in [0.15, 0.2) is 11.5 Å². The molecule has 0 saturated heterocycles. The van der Waals surface area contributed by atoms with Gasteiger partial charge in [-0.2, -0.15) is 4.98 Å². The Morgan fingerprint density at radius 1 is 1.39 bits per heavy atom. The van der Waals surface area contributed by atoms with Crippen LogP contribution in [-0.4, -0.2) is 34.9 Å². The van der Waals surface area contributed by atoms with Crippen LogP contribution in [0.4, 0.5) is 11.5 Å². The van der Waals surface area contributed by atoms with Crippen LogP contribution in [0.25, 0.3) is 0 Å². The van der Waals surface area contributed by atoms with Gasteiger partial charge in [0.05, 0.1) is 6.61 Å². The molecule has 3 heterocycles. The minimum absolute atomic E-state index is 0.0253. The van der Waals surface area contributed by atoms with Crippen molar-refractivity contribution >= 4 is 22.8 Å². The molecule has 7 nitrogen and oxygen atoms in total. The summed E-state index contributed by atoms with van der Waals surface area (Å²) in [5, 5.41) is 23.1. The molecule has 0 amide bonds. The van der Waals surface area contributed by atoms with E-state index in [-0.39, 0.29) is 16.8 Å². The number of rotatable bonds is 4. The second-order valence-corrected chi connectivity index (χ2v) is 6.31. The van der Waals surface area contributed by atoms with E-state index in [2.05, 4.69) is 21.4 Å². The van der Waals surface area contributed by atoms with Crippen LogP contribution in [0.3, 0.4) is 0 Å². The molecule has 0 aliphatic carbocycles. The molecule has 23 heavy (non-hydrogen) atoms. The molecule has 0 spiro atoms. The number of aryl methyl sites for hydroxylation is 1. The van der Waals surface area contributed by atoms with Crippen LogP contribution in [-0.2, 0) is 12.8 Å². The highest BCUT2D eigenvalue weighted by molar-refractivity contribution is 7.10. The first-order valence-corrected chi connectivity index (χ1v) is 8.46. The molecule has 0 unspecified atom stereocenters.